The van der Waals surface area contributed by atoms with Crippen molar-refractivity contribution in [3.63, 3.8) is 0 Å². The van der Waals surface area contributed by atoms with Gasteiger partial charge in [-0.05, 0) is 62.4 Å². The van der Waals surface area contributed by atoms with E-state index in [2.05, 4.69) is 22.3 Å². The zero-order valence-corrected chi connectivity index (χ0v) is 14.8. The molecule has 3 rings (SSSR count). The highest BCUT2D eigenvalue weighted by atomic mass is 16.5. The van der Waals surface area contributed by atoms with Gasteiger partial charge in [0.15, 0.2) is 11.5 Å². The van der Waals surface area contributed by atoms with Gasteiger partial charge in [0.05, 0.1) is 20.3 Å². The third-order valence-corrected chi connectivity index (χ3v) is 5.47. The molecule has 24 heavy (non-hydrogen) atoms. The molecule has 5 nitrogen and oxygen atoms in total. The Kier molecular flexibility index (Phi) is 5.98. The van der Waals surface area contributed by atoms with Crippen molar-refractivity contribution in [3.8, 4) is 11.5 Å². The number of aliphatic hydroxyl groups is 1. The summed E-state index contributed by atoms with van der Waals surface area (Å²) in [6, 6.07) is 6.72. The van der Waals surface area contributed by atoms with Crippen LogP contribution in [0.2, 0.25) is 0 Å². The zero-order chi connectivity index (χ0) is 16.9. The van der Waals surface area contributed by atoms with E-state index in [-0.39, 0.29) is 6.10 Å². The van der Waals surface area contributed by atoms with E-state index in [9.17, 15) is 5.11 Å². The van der Waals surface area contributed by atoms with E-state index in [1.165, 1.54) is 18.4 Å². The number of rotatable bonds is 5. The standard InChI is InChI=1S/C19H30N2O3/c1-23-17-4-3-15(13-18(17)24-2)19(14-5-9-20-10-6-14)21-11-7-16(22)8-12-21/h3-4,13-14,16,19-20,22H,5-12H2,1-2H3. The lowest BCUT2D eigenvalue weighted by atomic mass is 9.83. The molecule has 0 aliphatic carbocycles. The molecule has 1 aromatic rings. The van der Waals surface area contributed by atoms with Crippen molar-refractivity contribution in [2.45, 2.75) is 37.8 Å². The van der Waals surface area contributed by atoms with Crippen LogP contribution in [0.5, 0.6) is 11.5 Å². The second-order valence-corrected chi connectivity index (χ2v) is 6.91. The monoisotopic (exact) mass is 334 g/mol. The predicted octanol–water partition coefficient (Wildman–Crippen LogP) is 2.20. The fraction of sp³-hybridized carbons (Fsp3) is 0.684. The molecule has 2 aliphatic rings. The lowest BCUT2D eigenvalue weighted by molar-refractivity contribution is 0.0370. The SMILES string of the molecule is COc1ccc(C(C2CCNCC2)N2CCC(O)CC2)cc1OC. The van der Waals surface area contributed by atoms with Gasteiger partial charge in [-0.3, -0.25) is 4.90 Å². The average molecular weight is 334 g/mol. The first kappa shape index (κ1) is 17.5. The highest BCUT2D eigenvalue weighted by Crippen LogP contribution is 2.39. The molecular weight excluding hydrogens is 304 g/mol. The first-order valence-corrected chi connectivity index (χ1v) is 9.07. The lowest BCUT2D eigenvalue weighted by Crippen LogP contribution is -2.43. The van der Waals surface area contributed by atoms with E-state index in [0.717, 1.165) is 50.5 Å². The number of likely N-dealkylation sites (tertiary alicyclic amines) is 1. The van der Waals surface area contributed by atoms with E-state index in [1.807, 2.05) is 6.07 Å². The summed E-state index contributed by atoms with van der Waals surface area (Å²) in [4.78, 5) is 2.56. The van der Waals surface area contributed by atoms with Crippen LogP contribution in [0.1, 0.15) is 37.3 Å². The largest absolute Gasteiger partial charge is 0.493 e. The third kappa shape index (κ3) is 3.85. The van der Waals surface area contributed by atoms with Crippen LogP contribution in [-0.2, 0) is 0 Å². The first-order chi connectivity index (χ1) is 11.7. The van der Waals surface area contributed by atoms with Crippen molar-refractivity contribution in [3.05, 3.63) is 23.8 Å². The fourth-order valence-electron chi connectivity index (χ4n) is 4.14. The molecule has 0 aromatic heterocycles. The van der Waals surface area contributed by atoms with E-state index in [1.54, 1.807) is 14.2 Å². The Bertz CT molecular complexity index is 523. The molecule has 1 atom stereocenters. The number of aliphatic hydroxyl groups excluding tert-OH is 1. The van der Waals surface area contributed by atoms with Gasteiger partial charge in [0, 0.05) is 19.1 Å². The number of benzene rings is 1. The Balaban J connectivity index is 1.88. The molecule has 0 bridgehead atoms. The maximum absolute atomic E-state index is 9.87. The molecular formula is C19H30N2O3. The second-order valence-electron chi connectivity index (χ2n) is 6.91. The van der Waals surface area contributed by atoms with E-state index < -0.39 is 0 Å². The summed E-state index contributed by atoms with van der Waals surface area (Å²) in [6.07, 6.45) is 3.99. The average Bonchev–Trinajstić information content (AvgIpc) is 2.64. The number of methoxy groups -OCH3 is 2. The van der Waals surface area contributed by atoms with Crippen LogP contribution in [0, 0.1) is 5.92 Å². The summed E-state index contributed by atoms with van der Waals surface area (Å²) in [5.74, 6) is 2.21. The number of ether oxygens (including phenoxy) is 2. The van der Waals surface area contributed by atoms with Gasteiger partial charge in [0.25, 0.3) is 0 Å². The van der Waals surface area contributed by atoms with Crippen LogP contribution in [0.25, 0.3) is 0 Å². The minimum absolute atomic E-state index is 0.139. The fourth-order valence-corrected chi connectivity index (χ4v) is 4.14. The minimum Gasteiger partial charge on any atom is -0.493 e. The maximum atomic E-state index is 9.87. The molecule has 2 heterocycles. The minimum atomic E-state index is -0.139. The van der Waals surface area contributed by atoms with Crippen molar-refractivity contribution in [2.75, 3.05) is 40.4 Å². The van der Waals surface area contributed by atoms with Crippen LogP contribution in [-0.4, -0.2) is 56.5 Å². The normalized spacial score (nSPS) is 22.3. The molecule has 2 saturated heterocycles. The number of nitrogens with one attached hydrogen (secondary N) is 1. The van der Waals surface area contributed by atoms with Crippen LogP contribution < -0.4 is 14.8 Å². The summed E-state index contributed by atoms with van der Waals surface area (Å²) in [7, 11) is 3.37. The van der Waals surface area contributed by atoms with Gasteiger partial charge in [-0.2, -0.15) is 0 Å². The third-order valence-electron chi connectivity index (χ3n) is 5.47. The molecule has 1 aromatic carbocycles. The first-order valence-electron chi connectivity index (χ1n) is 9.07. The Morgan fingerprint density at radius 3 is 2.33 bits per heavy atom. The maximum Gasteiger partial charge on any atom is 0.161 e. The Labute approximate surface area is 144 Å². The molecule has 134 valence electrons. The van der Waals surface area contributed by atoms with Crippen LogP contribution >= 0.6 is 0 Å². The topological polar surface area (TPSA) is 54.0 Å². The van der Waals surface area contributed by atoms with Crippen molar-refractivity contribution >= 4 is 0 Å². The summed E-state index contributed by atoms with van der Waals surface area (Å²) in [6.45, 7) is 4.10. The lowest BCUT2D eigenvalue weighted by Gasteiger charge is -2.42. The second kappa shape index (κ2) is 8.19. The van der Waals surface area contributed by atoms with Crippen LogP contribution in [0.4, 0.5) is 0 Å². The molecule has 0 radical (unpaired) electrons. The number of hydrogen-bond donors (Lipinski definition) is 2. The van der Waals surface area contributed by atoms with E-state index in [4.69, 9.17) is 9.47 Å². The van der Waals surface area contributed by atoms with Gasteiger partial charge < -0.3 is 19.9 Å². The van der Waals surface area contributed by atoms with Crippen molar-refractivity contribution in [1.29, 1.82) is 0 Å². The van der Waals surface area contributed by atoms with Gasteiger partial charge in [-0.15, -0.1) is 0 Å². The van der Waals surface area contributed by atoms with Crippen LogP contribution in [0.3, 0.4) is 0 Å². The molecule has 0 spiro atoms. The summed E-state index contributed by atoms with van der Waals surface area (Å²) >= 11 is 0. The molecule has 0 amide bonds. The summed E-state index contributed by atoms with van der Waals surface area (Å²) in [5.41, 5.74) is 1.30. The molecule has 2 N–H and O–H groups in total. The van der Waals surface area contributed by atoms with Crippen LogP contribution in [0.15, 0.2) is 18.2 Å². The Morgan fingerprint density at radius 1 is 1.04 bits per heavy atom. The molecule has 1 unspecified atom stereocenters. The zero-order valence-electron chi connectivity index (χ0n) is 14.8. The summed E-state index contributed by atoms with van der Waals surface area (Å²) in [5, 5.41) is 13.3. The quantitative estimate of drug-likeness (QED) is 0.865. The molecule has 2 fully saturated rings. The highest BCUT2D eigenvalue weighted by Gasteiger charge is 2.32. The highest BCUT2D eigenvalue weighted by molar-refractivity contribution is 5.44. The van der Waals surface area contributed by atoms with E-state index in [0.29, 0.717) is 12.0 Å². The van der Waals surface area contributed by atoms with Crippen molar-refractivity contribution in [1.82, 2.24) is 10.2 Å². The van der Waals surface area contributed by atoms with Gasteiger partial charge in [-0.25, -0.2) is 0 Å². The molecule has 0 saturated carbocycles. The number of nitrogens with zero attached hydrogens (tertiary/aromatic N) is 1. The number of piperidine rings is 2. The molecule has 5 heteroatoms. The number of hydrogen-bond acceptors (Lipinski definition) is 5. The predicted molar refractivity (Wildman–Crippen MR) is 94.7 cm³/mol. The Morgan fingerprint density at radius 2 is 1.71 bits per heavy atom. The Hall–Kier alpha value is -1.30. The smallest absolute Gasteiger partial charge is 0.161 e. The molecule has 2 aliphatic heterocycles. The van der Waals surface area contributed by atoms with Gasteiger partial charge in [0.1, 0.15) is 0 Å². The van der Waals surface area contributed by atoms with Gasteiger partial charge in [-0.1, -0.05) is 6.07 Å². The summed E-state index contributed by atoms with van der Waals surface area (Å²) < 4.78 is 10.9. The van der Waals surface area contributed by atoms with E-state index >= 15 is 0 Å². The van der Waals surface area contributed by atoms with Crippen molar-refractivity contribution in [2.24, 2.45) is 5.92 Å². The van der Waals surface area contributed by atoms with Gasteiger partial charge in [0.2, 0.25) is 0 Å². The van der Waals surface area contributed by atoms with Crippen molar-refractivity contribution < 1.29 is 14.6 Å². The van der Waals surface area contributed by atoms with Gasteiger partial charge >= 0.3 is 0 Å².